The molecule has 0 aliphatic rings. The van der Waals surface area contributed by atoms with Gasteiger partial charge in [-0.15, -0.1) is 5.11 Å². The minimum Gasteiger partial charge on any atom is -0.259 e. The summed E-state index contributed by atoms with van der Waals surface area (Å²) >= 11 is 0. The summed E-state index contributed by atoms with van der Waals surface area (Å²) in [6.45, 7) is 1.97. The maximum absolute atomic E-state index is 4.79. The van der Waals surface area contributed by atoms with Crippen molar-refractivity contribution in [3.63, 3.8) is 0 Å². The van der Waals surface area contributed by atoms with Gasteiger partial charge in [-0.05, 0) is 36.8 Å². The first-order valence-corrected chi connectivity index (χ1v) is 8.91. The van der Waals surface area contributed by atoms with E-state index < -0.39 is 0 Å². The molecule has 0 N–H and O–H groups in total. The zero-order chi connectivity index (χ0) is 18.5. The zero-order valence-corrected chi connectivity index (χ0v) is 15.0. The summed E-state index contributed by atoms with van der Waals surface area (Å²) in [7, 11) is 0. The lowest BCUT2D eigenvalue weighted by Gasteiger charge is -2.07. The van der Waals surface area contributed by atoms with E-state index in [1.54, 1.807) is 6.20 Å². The summed E-state index contributed by atoms with van der Waals surface area (Å²) in [4.78, 5) is 13.8. The van der Waals surface area contributed by atoms with E-state index in [0.29, 0.717) is 12.2 Å². The molecule has 0 aliphatic heterocycles. The molecule has 0 radical (unpaired) electrons. The van der Waals surface area contributed by atoms with E-state index in [1.165, 1.54) is 0 Å². The molecule has 0 spiro atoms. The number of aromatic nitrogens is 3. The normalized spacial score (nSPS) is 12.5. The van der Waals surface area contributed by atoms with Crippen LogP contribution in [0.3, 0.4) is 0 Å². The van der Waals surface area contributed by atoms with E-state index in [1.807, 2.05) is 67.6 Å². The summed E-state index contributed by atoms with van der Waals surface area (Å²) in [5.74, 6) is 0.556. The van der Waals surface area contributed by atoms with Gasteiger partial charge < -0.3 is 0 Å². The fourth-order valence-electron chi connectivity index (χ4n) is 2.84. The van der Waals surface area contributed by atoms with E-state index >= 15 is 0 Å². The molecule has 5 nitrogen and oxygen atoms in total. The van der Waals surface area contributed by atoms with Gasteiger partial charge in [-0.3, -0.25) is 4.98 Å². The lowest BCUT2D eigenvalue weighted by Crippen LogP contribution is -1.97. The predicted octanol–water partition coefficient (Wildman–Crippen LogP) is 5.46. The van der Waals surface area contributed by atoms with E-state index in [9.17, 15) is 0 Å². The van der Waals surface area contributed by atoms with Crippen LogP contribution >= 0.6 is 0 Å². The number of azo groups is 1. The standard InChI is InChI=1S/C22H19N5/c1-16(18-11-7-8-14-23-18)26-27-22-21(15-17-9-3-2-4-10-17)24-19-12-5-6-13-20(19)25-22/h2-14,16H,15H2,1H3. The molecule has 0 amide bonds. The number of pyridine rings is 1. The Labute approximate surface area is 157 Å². The van der Waals surface area contributed by atoms with Crippen molar-refractivity contribution >= 4 is 16.9 Å². The Kier molecular flexibility index (Phi) is 4.92. The molecule has 1 unspecified atom stereocenters. The van der Waals surface area contributed by atoms with Gasteiger partial charge >= 0.3 is 0 Å². The van der Waals surface area contributed by atoms with E-state index in [2.05, 4.69) is 27.3 Å². The van der Waals surface area contributed by atoms with Crippen LogP contribution in [0.2, 0.25) is 0 Å². The van der Waals surface area contributed by atoms with Gasteiger partial charge in [0, 0.05) is 12.6 Å². The maximum Gasteiger partial charge on any atom is 0.196 e. The van der Waals surface area contributed by atoms with Crippen LogP contribution in [0.15, 0.2) is 89.2 Å². The highest BCUT2D eigenvalue weighted by Gasteiger charge is 2.11. The van der Waals surface area contributed by atoms with Crippen LogP contribution in [0.4, 0.5) is 5.82 Å². The second-order valence-electron chi connectivity index (χ2n) is 6.29. The highest BCUT2D eigenvalue weighted by Crippen LogP contribution is 2.24. The van der Waals surface area contributed by atoms with E-state index in [-0.39, 0.29) is 6.04 Å². The highest BCUT2D eigenvalue weighted by molar-refractivity contribution is 5.75. The Bertz CT molecular complexity index is 1060. The molecule has 1 atom stereocenters. The van der Waals surface area contributed by atoms with Crippen LogP contribution in [0.1, 0.15) is 29.9 Å². The maximum atomic E-state index is 4.79. The SMILES string of the molecule is CC(N=Nc1nc2ccccc2nc1Cc1ccccc1)c1ccccn1. The van der Waals surface area contributed by atoms with Crippen molar-refractivity contribution in [3.05, 3.63) is 95.9 Å². The number of benzene rings is 2. The summed E-state index contributed by atoms with van der Waals surface area (Å²) in [6, 6.07) is 23.7. The van der Waals surface area contributed by atoms with Crippen molar-refractivity contribution in [2.75, 3.05) is 0 Å². The Morgan fingerprint density at radius 3 is 2.26 bits per heavy atom. The average Bonchev–Trinajstić information content (AvgIpc) is 2.73. The van der Waals surface area contributed by atoms with Crippen LogP contribution in [0.25, 0.3) is 11.0 Å². The van der Waals surface area contributed by atoms with Crippen molar-refractivity contribution in [1.82, 2.24) is 15.0 Å². The Hall–Kier alpha value is -3.47. The topological polar surface area (TPSA) is 63.4 Å². The molecule has 5 heteroatoms. The molecular weight excluding hydrogens is 334 g/mol. The van der Waals surface area contributed by atoms with Crippen molar-refractivity contribution in [2.24, 2.45) is 10.2 Å². The number of rotatable bonds is 5. The molecule has 4 rings (SSSR count). The van der Waals surface area contributed by atoms with E-state index in [4.69, 9.17) is 9.97 Å². The first-order valence-electron chi connectivity index (χ1n) is 8.91. The van der Waals surface area contributed by atoms with Crippen molar-refractivity contribution in [1.29, 1.82) is 0 Å². The second kappa shape index (κ2) is 7.83. The van der Waals surface area contributed by atoms with Gasteiger partial charge in [0.05, 0.1) is 22.4 Å². The highest BCUT2D eigenvalue weighted by atomic mass is 15.2. The summed E-state index contributed by atoms with van der Waals surface area (Å²) in [5.41, 5.74) is 4.53. The molecule has 2 aromatic heterocycles. The van der Waals surface area contributed by atoms with Crippen molar-refractivity contribution < 1.29 is 0 Å². The molecule has 0 fully saturated rings. The van der Waals surface area contributed by atoms with Gasteiger partial charge in [0.2, 0.25) is 0 Å². The van der Waals surface area contributed by atoms with Crippen molar-refractivity contribution in [3.8, 4) is 0 Å². The van der Waals surface area contributed by atoms with Gasteiger partial charge in [0.15, 0.2) is 5.82 Å². The van der Waals surface area contributed by atoms with Crippen LogP contribution in [0.5, 0.6) is 0 Å². The minimum absolute atomic E-state index is 0.149. The summed E-state index contributed by atoms with van der Waals surface area (Å²) in [5, 5.41) is 8.87. The van der Waals surface area contributed by atoms with Gasteiger partial charge in [0.1, 0.15) is 6.04 Å². The predicted molar refractivity (Wildman–Crippen MR) is 106 cm³/mol. The van der Waals surface area contributed by atoms with Crippen molar-refractivity contribution in [2.45, 2.75) is 19.4 Å². The smallest absolute Gasteiger partial charge is 0.196 e. The molecule has 0 saturated carbocycles. The van der Waals surface area contributed by atoms with Crippen LogP contribution in [0, 0.1) is 0 Å². The Morgan fingerprint density at radius 2 is 1.52 bits per heavy atom. The Balaban J connectivity index is 1.71. The second-order valence-corrected chi connectivity index (χ2v) is 6.29. The van der Waals surface area contributed by atoms with E-state index in [0.717, 1.165) is 28.0 Å². The molecule has 27 heavy (non-hydrogen) atoms. The fraction of sp³-hybridized carbons (Fsp3) is 0.136. The number of hydrogen-bond acceptors (Lipinski definition) is 5. The molecule has 2 heterocycles. The molecule has 132 valence electrons. The van der Waals surface area contributed by atoms with Gasteiger partial charge in [0.25, 0.3) is 0 Å². The van der Waals surface area contributed by atoms with Crippen LogP contribution < -0.4 is 0 Å². The lowest BCUT2D eigenvalue weighted by atomic mass is 10.1. The largest absolute Gasteiger partial charge is 0.259 e. The molecular formula is C22H19N5. The summed E-state index contributed by atoms with van der Waals surface area (Å²) in [6.07, 6.45) is 2.42. The van der Waals surface area contributed by atoms with Gasteiger partial charge in [-0.1, -0.05) is 48.5 Å². The molecule has 0 bridgehead atoms. The number of fused-ring (bicyclic) bond motifs is 1. The van der Waals surface area contributed by atoms with Gasteiger partial charge in [-0.25, -0.2) is 9.97 Å². The van der Waals surface area contributed by atoms with Gasteiger partial charge in [-0.2, -0.15) is 5.11 Å². The third kappa shape index (κ3) is 4.03. The molecule has 0 aliphatic carbocycles. The zero-order valence-electron chi connectivity index (χ0n) is 15.0. The third-order valence-corrected chi connectivity index (χ3v) is 4.28. The molecule has 0 saturated heterocycles. The molecule has 2 aromatic carbocycles. The van der Waals surface area contributed by atoms with Crippen LogP contribution in [-0.2, 0) is 6.42 Å². The van der Waals surface area contributed by atoms with Crippen LogP contribution in [-0.4, -0.2) is 15.0 Å². The Morgan fingerprint density at radius 1 is 0.815 bits per heavy atom. The quantitative estimate of drug-likeness (QED) is 0.447. The fourth-order valence-corrected chi connectivity index (χ4v) is 2.84. The summed E-state index contributed by atoms with van der Waals surface area (Å²) < 4.78 is 0. The first kappa shape index (κ1) is 17.0. The molecule has 4 aromatic rings. The minimum atomic E-state index is -0.149. The number of para-hydroxylation sites is 2. The first-order chi connectivity index (χ1) is 13.3. The third-order valence-electron chi connectivity index (χ3n) is 4.28. The number of nitrogens with zero attached hydrogens (tertiary/aromatic N) is 5. The monoisotopic (exact) mass is 353 g/mol. The lowest BCUT2D eigenvalue weighted by molar-refractivity contribution is 0.731. The number of hydrogen-bond donors (Lipinski definition) is 0. The average molecular weight is 353 g/mol.